The molecule has 0 aliphatic heterocycles. The Morgan fingerprint density at radius 3 is 2.25 bits per heavy atom. The van der Waals surface area contributed by atoms with Crippen molar-refractivity contribution in [3.63, 3.8) is 0 Å². The number of hydrogen-bond donors (Lipinski definition) is 3. The third-order valence-electron chi connectivity index (χ3n) is 2.75. The summed E-state index contributed by atoms with van der Waals surface area (Å²) in [5.74, 6) is -1.46. The van der Waals surface area contributed by atoms with Crippen molar-refractivity contribution in [2.45, 2.75) is 27.2 Å². The lowest BCUT2D eigenvalue weighted by molar-refractivity contribution is -0.142. The zero-order valence-corrected chi connectivity index (χ0v) is 13.0. The number of carbonyl (C=O) groups is 2. The molecule has 0 radical (unpaired) electrons. The maximum absolute atomic E-state index is 11.4. The molecule has 0 aromatic rings. The van der Waals surface area contributed by atoms with Crippen LogP contribution in [0.4, 0.5) is 4.79 Å². The summed E-state index contributed by atoms with van der Waals surface area (Å²) in [5.41, 5.74) is 0. The van der Waals surface area contributed by atoms with Crippen molar-refractivity contribution in [2.24, 2.45) is 11.8 Å². The summed E-state index contributed by atoms with van der Waals surface area (Å²) in [4.78, 5) is 22.4. The molecule has 1 atom stereocenters. The first-order chi connectivity index (χ1) is 9.18. The molecule has 118 valence electrons. The molecule has 0 aliphatic carbocycles. The van der Waals surface area contributed by atoms with Crippen molar-refractivity contribution in [3.8, 4) is 0 Å². The van der Waals surface area contributed by atoms with Gasteiger partial charge in [-0.25, -0.2) is 13.2 Å². The van der Waals surface area contributed by atoms with Gasteiger partial charge in [0, 0.05) is 18.8 Å². The Balaban J connectivity index is 4.05. The molecule has 7 nitrogen and oxygen atoms in total. The minimum Gasteiger partial charge on any atom is -0.481 e. The summed E-state index contributed by atoms with van der Waals surface area (Å²) in [7, 11) is -3.11. The second-order valence-electron chi connectivity index (χ2n) is 5.04. The lowest BCUT2D eigenvalue weighted by atomic mass is 9.97. The molecule has 0 spiro atoms. The van der Waals surface area contributed by atoms with Crippen LogP contribution >= 0.6 is 0 Å². The summed E-state index contributed by atoms with van der Waals surface area (Å²) < 4.78 is 22.4. The first kappa shape index (κ1) is 18.7. The standard InChI is InChI=1S/C12H24N2O5S/c1-4-20(18,19)6-5-13-12(17)14-8-10(11(15)16)7-9(2)3/h9-10H,4-8H2,1-3H3,(H,15,16)(H2,13,14,17). The Kier molecular flexibility index (Phi) is 8.21. The van der Waals surface area contributed by atoms with Crippen molar-refractivity contribution in [1.29, 1.82) is 0 Å². The van der Waals surface area contributed by atoms with Crippen LogP contribution in [-0.2, 0) is 14.6 Å². The van der Waals surface area contributed by atoms with Crippen molar-refractivity contribution < 1.29 is 23.1 Å². The number of aliphatic carboxylic acids is 1. The predicted molar refractivity (Wildman–Crippen MR) is 76.3 cm³/mol. The fourth-order valence-electron chi connectivity index (χ4n) is 1.58. The van der Waals surface area contributed by atoms with Gasteiger partial charge in [0.25, 0.3) is 0 Å². The third kappa shape index (κ3) is 8.73. The molecule has 0 rings (SSSR count). The molecule has 8 heteroatoms. The quantitative estimate of drug-likeness (QED) is 0.573. The van der Waals surface area contributed by atoms with Gasteiger partial charge >= 0.3 is 12.0 Å². The second kappa shape index (κ2) is 8.78. The number of hydrogen-bond acceptors (Lipinski definition) is 4. The number of carboxylic acids is 1. The van der Waals surface area contributed by atoms with Crippen molar-refractivity contribution in [1.82, 2.24) is 10.6 Å². The van der Waals surface area contributed by atoms with Crippen LogP contribution in [0, 0.1) is 11.8 Å². The number of rotatable bonds is 9. The lowest BCUT2D eigenvalue weighted by Crippen LogP contribution is -2.41. The molecule has 0 aromatic heterocycles. The van der Waals surface area contributed by atoms with E-state index in [0.29, 0.717) is 6.42 Å². The highest BCUT2D eigenvalue weighted by Gasteiger charge is 2.19. The van der Waals surface area contributed by atoms with Crippen LogP contribution in [0.1, 0.15) is 27.2 Å². The van der Waals surface area contributed by atoms with Crippen molar-refractivity contribution in [3.05, 3.63) is 0 Å². The average Bonchev–Trinajstić information content (AvgIpc) is 2.33. The third-order valence-corrected chi connectivity index (χ3v) is 4.46. The smallest absolute Gasteiger partial charge is 0.314 e. The van der Waals surface area contributed by atoms with Gasteiger partial charge < -0.3 is 15.7 Å². The molecule has 1 unspecified atom stereocenters. The summed E-state index contributed by atoms with van der Waals surface area (Å²) in [6.07, 6.45) is 0.472. The summed E-state index contributed by atoms with van der Waals surface area (Å²) in [5, 5.41) is 13.8. The van der Waals surface area contributed by atoms with Gasteiger partial charge in [0.1, 0.15) is 0 Å². The normalized spacial score (nSPS) is 13.0. The number of sulfone groups is 1. The van der Waals surface area contributed by atoms with Gasteiger partial charge in [0.15, 0.2) is 9.84 Å². The Morgan fingerprint density at radius 2 is 1.80 bits per heavy atom. The number of nitrogens with one attached hydrogen (secondary N) is 2. The van der Waals surface area contributed by atoms with Crippen LogP contribution in [0.2, 0.25) is 0 Å². The Bertz CT molecular complexity index is 420. The predicted octanol–water partition coefficient (Wildman–Crippen LogP) is 0.467. The van der Waals surface area contributed by atoms with Crippen molar-refractivity contribution >= 4 is 21.8 Å². The number of carboxylic acid groups (broad SMARTS) is 1. The largest absolute Gasteiger partial charge is 0.481 e. The van der Waals surface area contributed by atoms with E-state index in [1.807, 2.05) is 13.8 Å². The maximum Gasteiger partial charge on any atom is 0.314 e. The van der Waals surface area contributed by atoms with Gasteiger partial charge in [-0.05, 0) is 12.3 Å². The van der Waals surface area contributed by atoms with E-state index in [1.165, 1.54) is 0 Å². The molecule has 0 saturated carbocycles. The van der Waals surface area contributed by atoms with Crippen LogP contribution in [0.25, 0.3) is 0 Å². The molecule has 0 heterocycles. The van der Waals surface area contributed by atoms with Crippen LogP contribution in [-0.4, -0.2) is 50.1 Å². The molecule has 2 amide bonds. The number of amides is 2. The van der Waals surface area contributed by atoms with Gasteiger partial charge in [0.05, 0.1) is 11.7 Å². The Morgan fingerprint density at radius 1 is 1.20 bits per heavy atom. The average molecular weight is 308 g/mol. The second-order valence-corrected chi connectivity index (χ2v) is 7.51. The van der Waals surface area contributed by atoms with Gasteiger partial charge in [-0.15, -0.1) is 0 Å². The van der Waals surface area contributed by atoms with Crippen LogP contribution in [0.3, 0.4) is 0 Å². The molecular weight excluding hydrogens is 284 g/mol. The fourth-order valence-corrected chi connectivity index (χ4v) is 2.29. The van der Waals surface area contributed by atoms with E-state index in [9.17, 15) is 18.0 Å². The highest BCUT2D eigenvalue weighted by atomic mass is 32.2. The van der Waals surface area contributed by atoms with E-state index in [2.05, 4.69) is 10.6 Å². The first-order valence-electron chi connectivity index (χ1n) is 6.62. The van der Waals surface area contributed by atoms with E-state index in [4.69, 9.17) is 5.11 Å². The van der Waals surface area contributed by atoms with E-state index in [1.54, 1.807) is 6.92 Å². The highest BCUT2D eigenvalue weighted by Crippen LogP contribution is 2.10. The van der Waals surface area contributed by atoms with E-state index < -0.39 is 27.8 Å². The summed E-state index contributed by atoms with van der Waals surface area (Å²) in [6.45, 7) is 5.40. The number of carbonyl (C=O) groups excluding carboxylic acids is 1. The SMILES string of the molecule is CCS(=O)(=O)CCNC(=O)NCC(CC(C)C)C(=O)O. The monoisotopic (exact) mass is 308 g/mol. The fraction of sp³-hybridized carbons (Fsp3) is 0.833. The van der Waals surface area contributed by atoms with E-state index in [0.717, 1.165) is 0 Å². The zero-order valence-electron chi connectivity index (χ0n) is 12.2. The van der Waals surface area contributed by atoms with E-state index in [-0.39, 0.29) is 30.5 Å². The van der Waals surface area contributed by atoms with E-state index >= 15 is 0 Å². The topological polar surface area (TPSA) is 113 Å². The number of urea groups is 1. The maximum atomic E-state index is 11.4. The highest BCUT2D eigenvalue weighted by molar-refractivity contribution is 7.91. The van der Waals surface area contributed by atoms with Gasteiger partial charge in [-0.1, -0.05) is 20.8 Å². The van der Waals surface area contributed by atoms with Gasteiger partial charge in [-0.2, -0.15) is 0 Å². The summed E-state index contributed by atoms with van der Waals surface area (Å²) in [6, 6.07) is -0.550. The molecular formula is C12H24N2O5S. The van der Waals surface area contributed by atoms with Crippen LogP contribution < -0.4 is 10.6 Å². The lowest BCUT2D eigenvalue weighted by Gasteiger charge is -2.15. The minimum atomic E-state index is -3.11. The molecule has 0 aromatic carbocycles. The first-order valence-corrected chi connectivity index (χ1v) is 8.45. The van der Waals surface area contributed by atoms with Crippen LogP contribution in [0.15, 0.2) is 0 Å². The molecule has 0 fully saturated rings. The molecule has 3 N–H and O–H groups in total. The zero-order chi connectivity index (χ0) is 15.8. The molecule has 20 heavy (non-hydrogen) atoms. The summed E-state index contributed by atoms with van der Waals surface area (Å²) >= 11 is 0. The minimum absolute atomic E-state index is 0.0178. The van der Waals surface area contributed by atoms with Crippen molar-refractivity contribution in [2.75, 3.05) is 24.6 Å². The van der Waals surface area contributed by atoms with Crippen LogP contribution in [0.5, 0.6) is 0 Å². The van der Waals surface area contributed by atoms with Gasteiger partial charge in [-0.3, -0.25) is 4.79 Å². The Labute approximate surface area is 120 Å². The molecule has 0 bridgehead atoms. The molecule has 0 saturated heterocycles. The Hall–Kier alpha value is -1.31. The molecule has 0 aliphatic rings. The van der Waals surface area contributed by atoms with Gasteiger partial charge in [0.2, 0.25) is 0 Å².